The molecule has 242 valence electrons. The SMILES string of the molecule is COc1ccc(C[C@H](N)C(=O)N[C@H]2[C@@H](O)[C@H](n3cnc4c(N(C)C)ncnc43)O[C@@H]2CO)cc1.Cl.Cl.c1ncc2[nH]cnc2n1. The molecule has 1 fully saturated rings. The number of rotatable bonds is 8. The summed E-state index contributed by atoms with van der Waals surface area (Å²) in [6.45, 7) is -0.406. The number of H-pyrrole nitrogens is 1. The molecule has 0 radical (unpaired) electrons. The van der Waals surface area contributed by atoms with Crippen molar-refractivity contribution >= 4 is 58.9 Å². The minimum absolute atomic E-state index is 0. The molecule has 1 saturated heterocycles. The molecule has 45 heavy (non-hydrogen) atoms. The minimum Gasteiger partial charge on any atom is -0.497 e. The third-order valence-electron chi connectivity index (χ3n) is 6.95. The lowest BCUT2D eigenvalue weighted by Gasteiger charge is -2.23. The monoisotopic (exact) mass is 663 g/mol. The van der Waals surface area contributed by atoms with Gasteiger partial charge < -0.3 is 40.6 Å². The lowest BCUT2D eigenvalue weighted by Crippen LogP contribution is -2.53. The van der Waals surface area contributed by atoms with Gasteiger partial charge in [0.05, 0.1) is 44.7 Å². The summed E-state index contributed by atoms with van der Waals surface area (Å²) in [4.78, 5) is 42.0. The molecule has 1 aliphatic rings. The molecule has 0 bridgehead atoms. The first-order valence-electron chi connectivity index (χ1n) is 13.4. The van der Waals surface area contributed by atoms with Crippen LogP contribution < -0.4 is 20.7 Å². The predicted octanol–water partition coefficient (Wildman–Crippen LogP) is 0.403. The zero-order valence-corrected chi connectivity index (χ0v) is 26.2. The van der Waals surface area contributed by atoms with Crippen LogP contribution in [0.25, 0.3) is 22.3 Å². The van der Waals surface area contributed by atoms with Crippen LogP contribution in [0.1, 0.15) is 11.8 Å². The van der Waals surface area contributed by atoms with E-state index in [1.807, 2.05) is 26.2 Å². The molecule has 16 nitrogen and oxygen atoms in total. The smallest absolute Gasteiger partial charge is 0.237 e. The molecular formula is C27H35Cl2N11O5. The highest BCUT2D eigenvalue weighted by Crippen LogP contribution is 2.32. The summed E-state index contributed by atoms with van der Waals surface area (Å²) < 4.78 is 12.6. The number of methoxy groups -OCH3 is 1. The van der Waals surface area contributed by atoms with E-state index in [-0.39, 0.29) is 24.8 Å². The molecule has 0 spiro atoms. The van der Waals surface area contributed by atoms with E-state index in [4.69, 9.17) is 15.2 Å². The standard InChI is InChI=1S/C22H29N7O5.C5H4N4.2ClH/c1-28(2)19-17-20(25-10-24-19)29(11-26-17)22-18(31)16(15(9-30)34-22)27-21(32)14(23)8-12-4-6-13(33-3)7-5-12;1-4-5(8-2-6-1)9-3-7-4;;/h4-7,10-11,14-16,18,22,30-31H,8-9,23H2,1-3H3,(H,27,32);1-3H,(H,6,7,8,9);2*1H/t14-,15+,16+,18+,22+;;;/m0.../s1. The van der Waals surface area contributed by atoms with Crippen molar-refractivity contribution in [1.82, 2.24) is 44.8 Å². The quantitative estimate of drug-likeness (QED) is 0.152. The first-order chi connectivity index (χ1) is 20.8. The number of nitrogens with two attached hydrogens (primary N) is 1. The number of amides is 1. The second-order valence-electron chi connectivity index (χ2n) is 10.0. The summed E-state index contributed by atoms with van der Waals surface area (Å²) in [6, 6.07) is 5.52. The topological polar surface area (TPSA) is 215 Å². The van der Waals surface area contributed by atoms with E-state index in [1.165, 1.54) is 19.0 Å². The van der Waals surface area contributed by atoms with Gasteiger partial charge in [-0.3, -0.25) is 9.36 Å². The Morgan fingerprint density at radius 2 is 1.91 bits per heavy atom. The average Bonchev–Trinajstić information content (AvgIpc) is 3.75. The number of carbonyl (C=O) groups excluding carboxylic acids is 1. The largest absolute Gasteiger partial charge is 0.497 e. The number of benzene rings is 1. The summed E-state index contributed by atoms with van der Waals surface area (Å²) in [5.74, 6) is 0.861. The number of fused-ring (bicyclic) bond motifs is 2. The second kappa shape index (κ2) is 15.7. The Labute approximate surface area is 270 Å². The van der Waals surface area contributed by atoms with Gasteiger partial charge in [-0.05, 0) is 24.1 Å². The molecule has 1 aliphatic heterocycles. The molecule has 0 aliphatic carbocycles. The molecule has 0 saturated carbocycles. The number of anilines is 1. The zero-order valence-electron chi connectivity index (χ0n) is 24.6. The summed E-state index contributed by atoms with van der Waals surface area (Å²) >= 11 is 0. The number of halogens is 2. The maximum Gasteiger partial charge on any atom is 0.237 e. The highest BCUT2D eigenvalue weighted by atomic mass is 35.5. The zero-order chi connectivity index (χ0) is 30.5. The fourth-order valence-corrected chi connectivity index (χ4v) is 4.73. The lowest BCUT2D eigenvalue weighted by atomic mass is 10.0. The van der Waals surface area contributed by atoms with Crippen LogP contribution in [-0.2, 0) is 16.0 Å². The Bertz CT molecular complexity index is 1640. The van der Waals surface area contributed by atoms with Crippen molar-refractivity contribution in [2.24, 2.45) is 5.73 Å². The molecule has 0 unspecified atom stereocenters. The van der Waals surface area contributed by atoms with Gasteiger partial charge in [0.25, 0.3) is 0 Å². The number of aromatic amines is 1. The fraction of sp³-hybridized carbons (Fsp3) is 0.370. The molecule has 5 atom stereocenters. The van der Waals surface area contributed by atoms with Crippen LogP contribution in [0.15, 0.2) is 55.8 Å². The summed E-state index contributed by atoms with van der Waals surface area (Å²) in [5, 5.41) is 23.6. The molecular weight excluding hydrogens is 629 g/mol. The van der Waals surface area contributed by atoms with Gasteiger partial charge in [-0.15, -0.1) is 24.8 Å². The van der Waals surface area contributed by atoms with Gasteiger partial charge in [-0.1, -0.05) is 12.1 Å². The van der Waals surface area contributed by atoms with Crippen molar-refractivity contribution in [2.45, 2.75) is 36.9 Å². The first kappa shape index (κ1) is 35.3. The summed E-state index contributed by atoms with van der Waals surface area (Å²) in [6.07, 6.45) is 5.01. The number of aromatic nitrogens is 8. The number of hydrogen-bond acceptors (Lipinski definition) is 13. The van der Waals surface area contributed by atoms with E-state index in [0.29, 0.717) is 34.8 Å². The fourth-order valence-electron chi connectivity index (χ4n) is 4.73. The molecule has 18 heteroatoms. The van der Waals surface area contributed by atoms with Crippen LogP contribution in [0.5, 0.6) is 5.75 Å². The number of nitrogens with one attached hydrogen (secondary N) is 2. The molecule has 4 aromatic heterocycles. The van der Waals surface area contributed by atoms with Gasteiger partial charge in [0, 0.05) is 14.1 Å². The minimum atomic E-state index is -1.18. The molecule has 1 amide bonds. The number of aliphatic hydroxyl groups excluding tert-OH is 2. The third kappa shape index (κ3) is 7.73. The highest BCUT2D eigenvalue weighted by Gasteiger charge is 2.46. The Hall–Kier alpha value is -4.19. The highest BCUT2D eigenvalue weighted by molar-refractivity contribution is 5.86. The van der Waals surface area contributed by atoms with Crippen molar-refractivity contribution < 1.29 is 24.5 Å². The predicted molar refractivity (Wildman–Crippen MR) is 169 cm³/mol. The number of carbonyl (C=O) groups is 1. The van der Waals surface area contributed by atoms with Crippen molar-refractivity contribution in [2.75, 3.05) is 32.7 Å². The van der Waals surface area contributed by atoms with E-state index in [0.717, 1.165) is 11.1 Å². The molecule has 5 heterocycles. The molecule has 6 N–H and O–H groups in total. The van der Waals surface area contributed by atoms with E-state index >= 15 is 0 Å². The van der Waals surface area contributed by atoms with Crippen LogP contribution in [0, 0.1) is 0 Å². The summed E-state index contributed by atoms with van der Waals surface area (Å²) in [7, 11) is 5.25. The number of nitrogens with zero attached hydrogens (tertiary/aromatic N) is 8. The number of ether oxygens (including phenoxy) is 2. The van der Waals surface area contributed by atoms with Crippen LogP contribution in [0.3, 0.4) is 0 Å². The van der Waals surface area contributed by atoms with Crippen molar-refractivity contribution in [3.05, 3.63) is 61.3 Å². The number of aliphatic hydroxyl groups is 2. The van der Waals surface area contributed by atoms with Gasteiger partial charge in [0.1, 0.15) is 36.1 Å². The van der Waals surface area contributed by atoms with Crippen LogP contribution in [0.4, 0.5) is 5.82 Å². The van der Waals surface area contributed by atoms with Crippen molar-refractivity contribution in [1.29, 1.82) is 0 Å². The maximum absolute atomic E-state index is 12.8. The lowest BCUT2D eigenvalue weighted by molar-refractivity contribution is -0.124. The Balaban J connectivity index is 0.000000428. The van der Waals surface area contributed by atoms with Gasteiger partial charge in [0.15, 0.2) is 28.9 Å². The number of hydrogen-bond donors (Lipinski definition) is 5. The van der Waals surface area contributed by atoms with E-state index in [1.54, 1.807) is 41.2 Å². The van der Waals surface area contributed by atoms with Gasteiger partial charge in [-0.25, -0.2) is 29.9 Å². The second-order valence-corrected chi connectivity index (χ2v) is 10.0. The Morgan fingerprint density at radius 1 is 1.16 bits per heavy atom. The van der Waals surface area contributed by atoms with Gasteiger partial charge in [0.2, 0.25) is 5.91 Å². The van der Waals surface area contributed by atoms with Crippen molar-refractivity contribution in [3.63, 3.8) is 0 Å². The van der Waals surface area contributed by atoms with Crippen LogP contribution in [-0.4, -0.2) is 108 Å². The van der Waals surface area contributed by atoms with Crippen LogP contribution >= 0.6 is 24.8 Å². The van der Waals surface area contributed by atoms with E-state index in [2.05, 4.69) is 40.2 Å². The van der Waals surface area contributed by atoms with Crippen molar-refractivity contribution in [3.8, 4) is 5.75 Å². The first-order valence-corrected chi connectivity index (χ1v) is 13.4. The van der Waals surface area contributed by atoms with Gasteiger partial charge in [-0.2, -0.15) is 0 Å². The molecule has 6 rings (SSSR count). The van der Waals surface area contributed by atoms with Gasteiger partial charge >= 0.3 is 0 Å². The third-order valence-corrected chi connectivity index (χ3v) is 6.95. The van der Waals surface area contributed by atoms with E-state index in [9.17, 15) is 15.0 Å². The average molecular weight is 665 g/mol. The van der Waals surface area contributed by atoms with E-state index < -0.39 is 43.0 Å². The molecule has 5 aromatic rings. The maximum atomic E-state index is 12.8. The Morgan fingerprint density at radius 3 is 2.58 bits per heavy atom. The normalized spacial score (nSPS) is 19.5. The number of imidazole rings is 2. The Kier molecular flexibility index (Phi) is 12.3. The molecule has 1 aromatic carbocycles. The summed E-state index contributed by atoms with van der Waals surface area (Å²) in [5.41, 5.74) is 9.57. The van der Waals surface area contributed by atoms with Crippen LogP contribution in [0.2, 0.25) is 0 Å².